The molecule has 0 radical (unpaired) electrons. The number of hydrogen-bond donors (Lipinski definition) is 0. The molecule has 108 valence electrons. The van der Waals surface area contributed by atoms with Crippen molar-refractivity contribution in [1.82, 2.24) is 0 Å². The number of nitro benzene ring substituents is 1. The third kappa shape index (κ3) is 3.59. The zero-order chi connectivity index (χ0) is 15.4. The molecule has 0 unspecified atom stereocenters. The second-order valence-corrected chi connectivity index (χ2v) is 5.32. The fraction of sp³-hybridized carbons (Fsp3) is 0.0714. The van der Waals surface area contributed by atoms with Gasteiger partial charge in [0.25, 0.3) is 0 Å². The van der Waals surface area contributed by atoms with E-state index in [9.17, 15) is 14.9 Å². The molecule has 0 aliphatic rings. The van der Waals surface area contributed by atoms with Crippen LogP contribution in [0.3, 0.4) is 0 Å². The molecule has 0 amide bonds. The lowest BCUT2D eigenvalue weighted by Gasteiger charge is -2.07. The summed E-state index contributed by atoms with van der Waals surface area (Å²) >= 11 is 9.09. The number of carbonyl (C=O) groups is 1. The molecule has 0 aliphatic heterocycles. The lowest BCUT2D eigenvalue weighted by atomic mass is 10.2. The van der Waals surface area contributed by atoms with E-state index in [1.54, 1.807) is 12.1 Å². The summed E-state index contributed by atoms with van der Waals surface area (Å²) in [5, 5.41) is 10.9. The number of esters is 1. The van der Waals surface area contributed by atoms with Gasteiger partial charge in [0.15, 0.2) is 0 Å². The highest BCUT2D eigenvalue weighted by atomic mass is 79.9. The summed E-state index contributed by atoms with van der Waals surface area (Å²) in [6.45, 7) is 0.00389. The van der Waals surface area contributed by atoms with Crippen molar-refractivity contribution in [2.75, 3.05) is 0 Å². The second kappa shape index (κ2) is 6.69. The van der Waals surface area contributed by atoms with Gasteiger partial charge >= 0.3 is 11.7 Å². The number of ether oxygens (including phenoxy) is 1. The Morgan fingerprint density at radius 3 is 2.62 bits per heavy atom. The van der Waals surface area contributed by atoms with Crippen LogP contribution in [0.1, 0.15) is 15.9 Å². The summed E-state index contributed by atoms with van der Waals surface area (Å²) < 4.78 is 5.90. The summed E-state index contributed by atoms with van der Waals surface area (Å²) in [6.07, 6.45) is 0. The van der Waals surface area contributed by atoms with Crippen LogP contribution in [0.25, 0.3) is 0 Å². The Labute approximate surface area is 133 Å². The molecule has 2 rings (SSSR count). The number of benzene rings is 2. The number of nitro groups is 1. The van der Waals surface area contributed by atoms with E-state index in [1.165, 1.54) is 18.2 Å². The highest BCUT2D eigenvalue weighted by molar-refractivity contribution is 9.10. The molecule has 0 fully saturated rings. The highest BCUT2D eigenvalue weighted by Crippen LogP contribution is 2.29. The minimum Gasteiger partial charge on any atom is -0.457 e. The van der Waals surface area contributed by atoms with Gasteiger partial charge in [-0.15, -0.1) is 0 Å². The first-order valence-corrected chi connectivity index (χ1v) is 7.01. The van der Waals surface area contributed by atoms with Gasteiger partial charge in [-0.1, -0.05) is 51.8 Å². The van der Waals surface area contributed by atoms with Crippen molar-refractivity contribution in [1.29, 1.82) is 0 Å². The monoisotopic (exact) mass is 369 g/mol. The summed E-state index contributed by atoms with van der Waals surface area (Å²) in [5.41, 5.74) is 0.145. The Morgan fingerprint density at radius 1 is 1.24 bits per heavy atom. The molecule has 0 N–H and O–H groups in total. The Hall–Kier alpha value is -1.92. The van der Waals surface area contributed by atoms with Gasteiger partial charge < -0.3 is 4.74 Å². The van der Waals surface area contributed by atoms with Crippen LogP contribution in [0.2, 0.25) is 5.02 Å². The van der Waals surface area contributed by atoms with Crippen LogP contribution in [0.4, 0.5) is 5.69 Å². The maximum atomic E-state index is 12.0. The van der Waals surface area contributed by atoms with Crippen molar-refractivity contribution in [3.63, 3.8) is 0 Å². The molecule has 0 saturated heterocycles. The smallest absolute Gasteiger partial charge is 0.345 e. The number of halogens is 2. The number of nitrogens with zero attached hydrogens (tertiary/aromatic N) is 1. The van der Waals surface area contributed by atoms with Gasteiger partial charge in [0.2, 0.25) is 0 Å². The summed E-state index contributed by atoms with van der Waals surface area (Å²) in [4.78, 5) is 22.3. The lowest BCUT2D eigenvalue weighted by Crippen LogP contribution is -2.08. The number of hydrogen-bond acceptors (Lipinski definition) is 4. The summed E-state index contributed by atoms with van der Waals surface area (Å²) in [5.74, 6) is -0.792. The molecule has 0 bridgehead atoms. The van der Waals surface area contributed by atoms with E-state index >= 15 is 0 Å². The third-order valence-electron chi connectivity index (χ3n) is 2.71. The van der Waals surface area contributed by atoms with Gasteiger partial charge in [0, 0.05) is 10.0 Å². The Morgan fingerprint density at radius 2 is 1.95 bits per heavy atom. The zero-order valence-electron chi connectivity index (χ0n) is 10.6. The van der Waals surface area contributed by atoms with Crippen molar-refractivity contribution in [3.8, 4) is 0 Å². The van der Waals surface area contributed by atoms with E-state index in [0.29, 0.717) is 0 Å². The van der Waals surface area contributed by atoms with E-state index in [2.05, 4.69) is 15.9 Å². The quantitative estimate of drug-likeness (QED) is 0.455. The number of carbonyl (C=O) groups excluding carboxylic acids is 1. The molecule has 0 aromatic heterocycles. The highest BCUT2D eigenvalue weighted by Gasteiger charge is 2.24. The Kier molecular flexibility index (Phi) is 4.93. The maximum Gasteiger partial charge on any atom is 0.345 e. The first-order chi connectivity index (χ1) is 10.0. The van der Waals surface area contributed by atoms with Gasteiger partial charge in [-0.3, -0.25) is 10.1 Å². The molecular formula is C14H9BrClNO4. The minimum absolute atomic E-state index is 0.00389. The largest absolute Gasteiger partial charge is 0.457 e. The van der Waals surface area contributed by atoms with Crippen LogP contribution in [0, 0.1) is 10.1 Å². The Balaban J connectivity index is 2.20. The standard InChI is InChI=1S/C14H9BrClNO4/c15-11-6-2-1-4-9(11)8-21-14(18)10-5-3-7-12(16)13(10)17(19)20/h1-7H,8H2. The van der Waals surface area contributed by atoms with E-state index in [0.717, 1.165) is 10.0 Å². The average Bonchev–Trinajstić information content (AvgIpc) is 2.45. The molecule has 0 aliphatic carbocycles. The normalized spacial score (nSPS) is 10.2. The predicted molar refractivity (Wildman–Crippen MR) is 81.4 cm³/mol. The van der Waals surface area contributed by atoms with Gasteiger partial charge in [-0.25, -0.2) is 4.79 Å². The molecule has 0 atom stereocenters. The summed E-state index contributed by atoms with van der Waals surface area (Å²) in [7, 11) is 0. The molecule has 0 saturated carbocycles. The van der Waals surface area contributed by atoms with Crippen LogP contribution >= 0.6 is 27.5 Å². The zero-order valence-corrected chi connectivity index (χ0v) is 12.9. The fourth-order valence-electron chi connectivity index (χ4n) is 1.70. The van der Waals surface area contributed by atoms with Crippen LogP contribution in [0.15, 0.2) is 46.9 Å². The maximum absolute atomic E-state index is 12.0. The SMILES string of the molecule is O=C(OCc1ccccc1Br)c1cccc(Cl)c1[N+](=O)[O-]. The van der Waals surface area contributed by atoms with Crippen molar-refractivity contribution >= 4 is 39.2 Å². The van der Waals surface area contributed by atoms with Crippen LogP contribution in [-0.2, 0) is 11.3 Å². The molecule has 2 aromatic rings. The van der Waals surface area contributed by atoms with Gasteiger partial charge in [-0.05, 0) is 18.2 Å². The average molecular weight is 371 g/mol. The minimum atomic E-state index is -0.792. The lowest BCUT2D eigenvalue weighted by molar-refractivity contribution is -0.385. The van der Waals surface area contributed by atoms with Gasteiger partial charge in [-0.2, -0.15) is 0 Å². The Bertz CT molecular complexity index is 705. The van der Waals surface area contributed by atoms with Gasteiger partial charge in [0.05, 0.1) is 4.92 Å². The van der Waals surface area contributed by atoms with Crippen LogP contribution < -0.4 is 0 Å². The predicted octanol–water partition coefficient (Wildman–Crippen LogP) is 4.37. The first kappa shape index (κ1) is 15.5. The molecule has 0 heterocycles. The molecule has 2 aromatic carbocycles. The van der Waals surface area contributed by atoms with E-state index in [-0.39, 0.29) is 17.2 Å². The topological polar surface area (TPSA) is 69.4 Å². The molecule has 0 spiro atoms. The van der Waals surface area contributed by atoms with Crippen molar-refractivity contribution in [2.24, 2.45) is 0 Å². The first-order valence-electron chi connectivity index (χ1n) is 5.84. The van der Waals surface area contributed by atoms with Crippen LogP contribution in [-0.4, -0.2) is 10.9 Å². The molecular weight excluding hydrogens is 362 g/mol. The van der Waals surface area contributed by atoms with Crippen molar-refractivity contribution < 1.29 is 14.5 Å². The molecule has 7 heteroatoms. The van der Waals surface area contributed by atoms with Gasteiger partial charge in [0.1, 0.15) is 17.2 Å². The van der Waals surface area contributed by atoms with Crippen LogP contribution in [0.5, 0.6) is 0 Å². The van der Waals surface area contributed by atoms with E-state index < -0.39 is 16.6 Å². The number of para-hydroxylation sites is 1. The van der Waals surface area contributed by atoms with Crippen molar-refractivity contribution in [3.05, 3.63) is 73.2 Å². The fourth-order valence-corrected chi connectivity index (χ4v) is 2.34. The molecule has 5 nitrogen and oxygen atoms in total. The molecule has 21 heavy (non-hydrogen) atoms. The van der Waals surface area contributed by atoms with Crippen molar-refractivity contribution in [2.45, 2.75) is 6.61 Å². The van der Waals surface area contributed by atoms with E-state index in [4.69, 9.17) is 16.3 Å². The second-order valence-electron chi connectivity index (χ2n) is 4.06. The third-order valence-corrected chi connectivity index (χ3v) is 3.78. The number of rotatable bonds is 4. The summed E-state index contributed by atoms with van der Waals surface area (Å²) in [6, 6.07) is 11.3. The van der Waals surface area contributed by atoms with E-state index in [1.807, 2.05) is 12.1 Å².